The average Bonchev–Trinajstić information content (AvgIpc) is 1.99. The van der Waals surface area contributed by atoms with Crippen LogP contribution in [0.1, 0.15) is 40.5 Å². The zero-order chi connectivity index (χ0) is 8.85. The highest BCUT2D eigenvalue weighted by atomic mass is 32.1. The van der Waals surface area contributed by atoms with Crippen LogP contribution in [0.5, 0.6) is 0 Å². The van der Waals surface area contributed by atoms with Crippen molar-refractivity contribution in [2.75, 3.05) is 0 Å². The van der Waals surface area contributed by atoms with Crippen molar-refractivity contribution in [2.24, 2.45) is 5.92 Å². The minimum Gasteiger partial charge on any atom is -0.0894 e. The summed E-state index contributed by atoms with van der Waals surface area (Å²) in [6.07, 6.45) is 4.36. The van der Waals surface area contributed by atoms with Gasteiger partial charge in [0.2, 0.25) is 0 Å². The van der Waals surface area contributed by atoms with Gasteiger partial charge in [0.05, 0.1) is 0 Å². The van der Waals surface area contributed by atoms with Crippen molar-refractivity contribution in [2.45, 2.75) is 40.5 Å². The van der Waals surface area contributed by atoms with Crippen LogP contribution in [0.2, 0.25) is 0 Å². The van der Waals surface area contributed by atoms with Gasteiger partial charge in [0.1, 0.15) is 0 Å². The molecule has 0 bridgehead atoms. The molecule has 11 heavy (non-hydrogen) atoms. The molecule has 0 saturated heterocycles. The first-order valence-corrected chi connectivity index (χ1v) is 4.63. The zero-order valence-electron chi connectivity index (χ0n) is 7.98. The molecule has 0 heterocycles. The number of thiocarbonyl (C=S) groups is 1. The fourth-order valence-corrected chi connectivity index (χ4v) is 0.855. The molecule has 0 N–H and O–H groups in total. The maximum Gasteiger partial charge on any atom is -0.00429 e. The van der Waals surface area contributed by atoms with Crippen molar-refractivity contribution in [3.05, 3.63) is 11.6 Å². The molecule has 0 aromatic heterocycles. The van der Waals surface area contributed by atoms with Crippen LogP contribution in [0, 0.1) is 5.92 Å². The van der Waals surface area contributed by atoms with E-state index in [4.69, 9.17) is 12.2 Å². The molecule has 64 valence electrons. The highest BCUT2D eigenvalue weighted by Gasteiger charge is 2.01. The largest absolute Gasteiger partial charge is 0.0894 e. The van der Waals surface area contributed by atoms with Gasteiger partial charge >= 0.3 is 0 Å². The molecule has 0 aliphatic rings. The Hall–Kier alpha value is -0.170. The van der Waals surface area contributed by atoms with Gasteiger partial charge in [-0.05, 0) is 37.5 Å². The minimum absolute atomic E-state index is 0.564. The van der Waals surface area contributed by atoms with Gasteiger partial charge in [0, 0.05) is 0 Å². The quantitative estimate of drug-likeness (QED) is 0.457. The molecule has 0 saturated carbocycles. The molecular weight excluding hydrogens is 152 g/mol. The van der Waals surface area contributed by atoms with Crippen molar-refractivity contribution in [3.63, 3.8) is 0 Å². The maximum absolute atomic E-state index is 5.22. The van der Waals surface area contributed by atoms with Gasteiger partial charge in [0.25, 0.3) is 0 Å². The molecule has 0 aromatic carbocycles. The highest BCUT2D eigenvalue weighted by molar-refractivity contribution is 7.80. The summed E-state index contributed by atoms with van der Waals surface area (Å²) < 4.78 is 0. The summed E-state index contributed by atoms with van der Waals surface area (Å²) in [5.41, 5.74) is 1.44. The van der Waals surface area contributed by atoms with Gasteiger partial charge in [-0.1, -0.05) is 37.7 Å². The summed E-state index contributed by atoms with van der Waals surface area (Å²) in [4.78, 5) is 1.20. The Balaban J connectivity index is 3.63. The molecule has 0 amide bonds. The van der Waals surface area contributed by atoms with E-state index in [2.05, 4.69) is 33.8 Å². The van der Waals surface area contributed by atoms with E-state index in [9.17, 15) is 0 Å². The third kappa shape index (κ3) is 5.14. The topological polar surface area (TPSA) is 0 Å². The summed E-state index contributed by atoms with van der Waals surface area (Å²) in [6.45, 7) is 8.55. The van der Waals surface area contributed by atoms with Crippen molar-refractivity contribution in [1.29, 1.82) is 0 Å². The SMILES string of the molecule is C/C=C(\C)CCC(=S)C(C)C. The summed E-state index contributed by atoms with van der Waals surface area (Å²) in [7, 11) is 0. The third-order valence-corrected chi connectivity index (χ3v) is 2.58. The van der Waals surface area contributed by atoms with Gasteiger partial charge in [-0.25, -0.2) is 0 Å². The van der Waals surface area contributed by atoms with E-state index in [1.807, 2.05) is 0 Å². The first kappa shape index (κ1) is 10.8. The van der Waals surface area contributed by atoms with Gasteiger partial charge < -0.3 is 0 Å². The summed E-state index contributed by atoms with van der Waals surface area (Å²) in [5.74, 6) is 0.564. The predicted molar refractivity (Wildman–Crippen MR) is 56.1 cm³/mol. The molecule has 0 radical (unpaired) electrons. The number of hydrogen-bond donors (Lipinski definition) is 0. The van der Waals surface area contributed by atoms with Crippen molar-refractivity contribution < 1.29 is 0 Å². The lowest BCUT2D eigenvalue weighted by Crippen LogP contribution is -2.03. The lowest BCUT2D eigenvalue weighted by Gasteiger charge is -2.06. The third-order valence-electron chi connectivity index (χ3n) is 1.90. The minimum atomic E-state index is 0.564. The van der Waals surface area contributed by atoms with Gasteiger partial charge in [-0.15, -0.1) is 0 Å². The van der Waals surface area contributed by atoms with Gasteiger partial charge in [0.15, 0.2) is 0 Å². The van der Waals surface area contributed by atoms with Gasteiger partial charge in [-0.3, -0.25) is 0 Å². The van der Waals surface area contributed by atoms with E-state index in [1.165, 1.54) is 10.4 Å². The molecule has 0 aliphatic heterocycles. The van der Waals surface area contributed by atoms with Gasteiger partial charge in [-0.2, -0.15) is 0 Å². The molecule has 0 aliphatic carbocycles. The lowest BCUT2D eigenvalue weighted by molar-refractivity contribution is 0.854. The first-order valence-electron chi connectivity index (χ1n) is 4.22. The molecule has 0 fully saturated rings. The Morgan fingerprint density at radius 3 is 2.27 bits per heavy atom. The molecule has 0 spiro atoms. The highest BCUT2D eigenvalue weighted by Crippen LogP contribution is 2.09. The number of rotatable bonds is 4. The van der Waals surface area contributed by atoms with E-state index in [-0.39, 0.29) is 0 Å². The van der Waals surface area contributed by atoms with Crippen LogP contribution in [0.25, 0.3) is 0 Å². The van der Waals surface area contributed by atoms with E-state index in [0.29, 0.717) is 5.92 Å². The standard InChI is InChI=1S/C10H18S/c1-5-9(4)6-7-10(11)8(2)3/h5,8H,6-7H2,1-4H3/b9-5+. The fourth-order valence-electron chi connectivity index (χ4n) is 0.753. The van der Waals surface area contributed by atoms with E-state index in [1.54, 1.807) is 0 Å². The van der Waals surface area contributed by atoms with Crippen LogP contribution >= 0.6 is 12.2 Å². The zero-order valence-corrected chi connectivity index (χ0v) is 8.79. The Kier molecular flexibility index (Phi) is 5.39. The van der Waals surface area contributed by atoms with Crippen LogP contribution in [0.4, 0.5) is 0 Å². The number of allylic oxidation sites excluding steroid dienone is 2. The normalized spacial score (nSPS) is 12.3. The van der Waals surface area contributed by atoms with Crippen molar-refractivity contribution >= 4 is 17.1 Å². The maximum atomic E-state index is 5.22. The summed E-state index contributed by atoms with van der Waals surface area (Å²) in [5, 5.41) is 0. The van der Waals surface area contributed by atoms with Crippen LogP contribution in [-0.4, -0.2) is 4.86 Å². The second kappa shape index (κ2) is 5.48. The Labute approximate surface area is 75.7 Å². The number of hydrogen-bond acceptors (Lipinski definition) is 1. The molecular formula is C10H18S. The average molecular weight is 170 g/mol. The van der Waals surface area contributed by atoms with E-state index < -0.39 is 0 Å². The molecule has 1 heteroatoms. The molecule has 0 unspecified atom stereocenters. The van der Waals surface area contributed by atoms with Crippen molar-refractivity contribution in [1.82, 2.24) is 0 Å². The second-order valence-electron chi connectivity index (χ2n) is 3.26. The first-order chi connectivity index (χ1) is 5.07. The predicted octanol–water partition coefficient (Wildman–Crippen LogP) is 3.76. The van der Waals surface area contributed by atoms with Crippen molar-refractivity contribution in [3.8, 4) is 0 Å². The Morgan fingerprint density at radius 1 is 1.36 bits per heavy atom. The Bertz CT molecular complexity index is 154. The van der Waals surface area contributed by atoms with Crippen LogP contribution in [-0.2, 0) is 0 Å². The smallest absolute Gasteiger partial charge is 0.00429 e. The van der Waals surface area contributed by atoms with Crippen LogP contribution in [0.15, 0.2) is 11.6 Å². The molecule has 0 rings (SSSR count). The van der Waals surface area contributed by atoms with Crippen LogP contribution < -0.4 is 0 Å². The Morgan fingerprint density at radius 2 is 1.91 bits per heavy atom. The molecule has 0 nitrogen and oxygen atoms in total. The van der Waals surface area contributed by atoms with E-state index >= 15 is 0 Å². The lowest BCUT2D eigenvalue weighted by atomic mass is 10.0. The summed E-state index contributed by atoms with van der Waals surface area (Å²) in [6, 6.07) is 0. The fraction of sp³-hybridized carbons (Fsp3) is 0.700. The van der Waals surface area contributed by atoms with E-state index in [0.717, 1.165) is 12.8 Å². The molecule has 0 atom stereocenters. The van der Waals surface area contributed by atoms with Crippen LogP contribution in [0.3, 0.4) is 0 Å². The monoisotopic (exact) mass is 170 g/mol. The second-order valence-corrected chi connectivity index (χ2v) is 3.78. The molecule has 0 aromatic rings. The summed E-state index contributed by atoms with van der Waals surface area (Å²) >= 11 is 5.22.